The van der Waals surface area contributed by atoms with Crippen molar-refractivity contribution in [3.05, 3.63) is 96.1 Å². The lowest BCUT2D eigenvalue weighted by molar-refractivity contribution is -0.123. The lowest BCUT2D eigenvalue weighted by Gasteiger charge is -2.14. The molecule has 0 unspecified atom stereocenters. The minimum Gasteiger partial charge on any atom is -0.484 e. The van der Waals surface area contributed by atoms with Gasteiger partial charge in [0.05, 0.1) is 17.5 Å². The van der Waals surface area contributed by atoms with Gasteiger partial charge in [0.1, 0.15) is 5.75 Å². The van der Waals surface area contributed by atoms with Gasteiger partial charge in [0.2, 0.25) is 0 Å². The van der Waals surface area contributed by atoms with Gasteiger partial charge in [0, 0.05) is 4.90 Å². The zero-order chi connectivity index (χ0) is 23.5. The molecule has 0 aliphatic carbocycles. The van der Waals surface area contributed by atoms with E-state index in [1.165, 1.54) is 11.8 Å². The van der Waals surface area contributed by atoms with E-state index in [2.05, 4.69) is 15.8 Å². The van der Waals surface area contributed by atoms with Crippen molar-refractivity contribution < 1.29 is 14.3 Å². The van der Waals surface area contributed by atoms with Crippen LogP contribution in [0.25, 0.3) is 0 Å². The van der Waals surface area contributed by atoms with Gasteiger partial charge < -0.3 is 10.1 Å². The summed E-state index contributed by atoms with van der Waals surface area (Å²) < 4.78 is 5.56. The van der Waals surface area contributed by atoms with Crippen LogP contribution in [0.2, 0.25) is 0 Å². The van der Waals surface area contributed by atoms with Gasteiger partial charge in [-0.15, -0.1) is 11.8 Å². The van der Waals surface area contributed by atoms with Gasteiger partial charge in [-0.05, 0) is 61.4 Å². The SMILES string of the molecule is C[C@H](NC(=O)COc1ccc(/C=N\NC(=O)[C@@H](C)Sc2ccccc2)cc1)c1ccccc1. The molecular weight excluding hydrogens is 434 g/mol. The van der Waals surface area contributed by atoms with Crippen LogP contribution in [0.5, 0.6) is 5.75 Å². The van der Waals surface area contributed by atoms with E-state index in [1.54, 1.807) is 30.5 Å². The molecule has 33 heavy (non-hydrogen) atoms. The van der Waals surface area contributed by atoms with Crippen molar-refractivity contribution in [1.82, 2.24) is 10.7 Å². The summed E-state index contributed by atoms with van der Waals surface area (Å²) in [5.41, 5.74) is 4.40. The largest absolute Gasteiger partial charge is 0.484 e. The maximum Gasteiger partial charge on any atom is 0.258 e. The molecule has 3 aromatic carbocycles. The maximum absolute atomic E-state index is 12.2. The van der Waals surface area contributed by atoms with Gasteiger partial charge in [0.25, 0.3) is 11.8 Å². The second kappa shape index (κ2) is 12.5. The zero-order valence-electron chi connectivity index (χ0n) is 18.6. The Labute approximate surface area is 198 Å². The van der Waals surface area contributed by atoms with Crippen LogP contribution in [0, 0.1) is 0 Å². The Balaban J connectivity index is 1.40. The Morgan fingerprint density at radius 2 is 1.58 bits per heavy atom. The van der Waals surface area contributed by atoms with Gasteiger partial charge >= 0.3 is 0 Å². The Kier molecular flexibility index (Phi) is 9.08. The summed E-state index contributed by atoms with van der Waals surface area (Å²) in [4.78, 5) is 25.4. The third-order valence-electron chi connectivity index (χ3n) is 4.74. The molecule has 2 amide bonds. The predicted molar refractivity (Wildman–Crippen MR) is 132 cm³/mol. The van der Waals surface area contributed by atoms with Crippen molar-refractivity contribution in [3.63, 3.8) is 0 Å². The highest BCUT2D eigenvalue weighted by molar-refractivity contribution is 8.00. The highest BCUT2D eigenvalue weighted by Gasteiger charge is 2.13. The van der Waals surface area contributed by atoms with Crippen LogP contribution in [0.3, 0.4) is 0 Å². The highest BCUT2D eigenvalue weighted by Crippen LogP contribution is 2.22. The number of hydrazone groups is 1. The summed E-state index contributed by atoms with van der Waals surface area (Å²) in [5, 5.41) is 6.67. The Hall–Kier alpha value is -3.58. The molecule has 0 aromatic heterocycles. The number of benzene rings is 3. The van der Waals surface area contributed by atoms with Crippen LogP contribution in [0.4, 0.5) is 0 Å². The fourth-order valence-electron chi connectivity index (χ4n) is 2.93. The first-order valence-corrected chi connectivity index (χ1v) is 11.5. The highest BCUT2D eigenvalue weighted by atomic mass is 32.2. The number of carbonyl (C=O) groups is 2. The van der Waals surface area contributed by atoms with Gasteiger partial charge in [-0.2, -0.15) is 5.10 Å². The minimum absolute atomic E-state index is 0.0718. The van der Waals surface area contributed by atoms with E-state index in [-0.39, 0.29) is 29.7 Å². The molecule has 0 aliphatic heterocycles. The van der Waals surface area contributed by atoms with Crippen molar-refractivity contribution in [3.8, 4) is 5.75 Å². The van der Waals surface area contributed by atoms with E-state index in [4.69, 9.17) is 4.74 Å². The predicted octanol–water partition coefficient (Wildman–Crippen LogP) is 4.57. The molecule has 0 spiro atoms. The lowest BCUT2D eigenvalue weighted by atomic mass is 10.1. The van der Waals surface area contributed by atoms with E-state index in [0.717, 1.165) is 16.0 Å². The van der Waals surface area contributed by atoms with Crippen molar-refractivity contribution in [1.29, 1.82) is 0 Å². The van der Waals surface area contributed by atoms with Gasteiger partial charge in [0.15, 0.2) is 6.61 Å². The van der Waals surface area contributed by atoms with Gasteiger partial charge in [-0.1, -0.05) is 48.5 Å². The van der Waals surface area contributed by atoms with Crippen LogP contribution in [-0.4, -0.2) is 29.9 Å². The van der Waals surface area contributed by atoms with Crippen LogP contribution in [0.1, 0.15) is 31.0 Å². The van der Waals surface area contributed by atoms with E-state index < -0.39 is 0 Å². The Morgan fingerprint density at radius 3 is 2.24 bits per heavy atom. The van der Waals surface area contributed by atoms with E-state index >= 15 is 0 Å². The molecular formula is C26H27N3O3S. The number of carbonyl (C=O) groups excluding carboxylic acids is 2. The van der Waals surface area contributed by atoms with Crippen LogP contribution in [-0.2, 0) is 9.59 Å². The number of amides is 2. The number of hydrogen-bond acceptors (Lipinski definition) is 5. The van der Waals surface area contributed by atoms with Crippen molar-refractivity contribution in [2.75, 3.05) is 6.61 Å². The summed E-state index contributed by atoms with van der Waals surface area (Å²) >= 11 is 1.47. The third-order valence-corrected chi connectivity index (χ3v) is 5.85. The van der Waals surface area contributed by atoms with Crippen molar-refractivity contribution in [2.45, 2.75) is 30.0 Å². The average Bonchev–Trinajstić information content (AvgIpc) is 2.84. The van der Waals surface area contributed by atoms with E-state index in [9.17, 15) is 9.59 Å². The smallest absolute Gasteiger partial charge is 0.258 e. The maximum atomic E-state index is 12.2. The normalized spacial score (nSPS) is 12.7. The average molecular weight is 462 g/mol. The number of ether oxygens (including phenoxy) is 1. The van der Waals surface area contributed by atoms with Crippen LogP contribution in [0.15, 0.2) is 94.9 Å². The molecule has 0 fully saturated rings. The molecule has 0 bridgehead atoms. The molecule has 2 atom stereocenters. The van der Waals surface area contributed by atoms with Crippen LogP contribution < -0.4 is 15.5 Å². The third kappa shape index (κ3) is 8.12. The number of hydrogen-bond donors (Lipinski definition) is 2. The van der Waals surface area contributed by atoms with Crippen molar-refractivity contribution >= 4 is 29.8 Å². The van der Waals surface area contributed by atoms with Crippen molar-refractivity contribution in [2.24, 2.45) is 5.10 Å². The number of thioether (sulfide) groups is 1. The fourth-order valence-corrected chi connectivity index (χ4v) is 3.81. The molecule has 7 heteroatoms. The molecule has 2 N–H and O–H groups in total. The first-order chi connectivity index (χ1) is 16.0. The Morgan fingerprint density at radius 1 is 0.939 bits per heavy atom. The first-order valence-electron chi connectivity index (χ1n) is 10.6. The summed E-state index contributed by atoms with van der Waals surface area (Å²) in [5.74, 6) is 0.213. The Bertz CT molecular complexity index is 1060. The number of nitrogens with one attached hydrogen (secondary N) is 2. The second-order valence-corrected chi connectivity index (χ2v) is 8.78. The number of nitrogens with zero attached hydrogens (tertiary/aromatic N) is 1. The fraction of sp³-hybridized carbons (Fsp3) is 0.192. The molecule has 0 saturated carbocycles. The molecule has 0 radical (unpaired) electrons. The standard InChI is InChI=1S/C26H27N3O3S/c1-19(22-9-5-3-6-10-22)28-25(30)18-32-23-15-13-21(14-16-23)17-27-29-26(31)20(2)33-24-11-7-4-8-12-24/h3-17,19-20H,18H2,1-2H3,(H,28,30)(H,29,31)/b27-17-/t19-,20+/m0/s1. The number of rotatable bonds is 10. The molecule has 170 valence electrons. The zero-order valence-corrected chi connectivity index (χ0v) is 19.4. The lowest BCUT2D eigenvalue weighted by Crippen LogP contribution is -2.31. The second-order valence-electron chi connectivity index (χ2n) is 7.36. The van der Waals surface area contributed by atoms with E-state index in [0.29, 0.717) is 5.75 Å². The topological polar surface area (TPSA) is 79.8 Å². The molecule has 0 aliphatic rings. The summed E-state index contributed by atoms with van der Waals surface area (Å²) in [7, 11) is 0. The molecule has 3 rings (SSSR count). The van der Waals surface area contributed by atoms with Crippen LogP contribution >= 0.6 is 11.8 Å². The summed E-state index contributed by atoms with van der Waals surface area (Å²) in [6, 6.07) is 26.5. The monoisotopic (exact) mass is 461 g/mol. The summed E-state index contributed by atoms with van der Waals surface area (Å²) in [6.07, 6.45) is 1.57. The molecule has 0 heterocycles. The van der Waals surface area contributed by atoms with E-state index in [1.807, 2.05) is 74.5 Å². The first kappa shape index (κ1) is 24.1. The minimum atomic E-state index is -0.268. The summed E-state index contributed by atoms with van der Waals surface area (Å²) in [6.45, 7) is 3.70. The molecule has 6 nitrogen and oxygen atoms in total. The molecule has 0 saturated heterocycles. The van der Waals surface area contributed by atoms with Gasteiger partial charge in [-0.25, -0.2) is 5.43 Å². The van der Waals surface area contributed by atoms with Gasteiger partial charge in [-0.3, -0.25) is 9.59 Å². The quantitative estimate of drug-likeness (QED) is 0.263. The molecule has 3 aromatic rings.